The number of ketones is 1. The molecule has 0 saturated carbocycles. The highest BCUT2D eigenvalue weighted by Crippen LogP contribution is 2.37. The lowest BCUT2D eigenvalue weighted by Crippen LogP contribution is -2.53. The van der Waals surface area contributed by atoms with Gasteiger partial charge in [0.05, 0.1) is 12.2 Å². The molecule has 0 spiro atoms. The number of carbonyl (C=O) groups is 3. The fourth-order valence-corrected chi connectivity index (χ4v) is 3.18. The van der Waals surface area contributed by atoms with Gasteiger partial charge in [0, 0.05) is 43.9 Å². The van der Waals surface area contributed by atoms with E-state index in [1.807, 2.05) is 18.7 Å². The summed E-state index contributed by atoms with van der Waals surface area (Å²) in [5.41, 5.74) is 0.796. The number of hydrogen-bond acceptors (Lipinski definition) is 6. The van der Waals surface area contributed by atoms with Crippen LogP contribution in [-0.2, 0) is 4.79 Å². The van der Waals surface area contributed by atoms with Gasteiger partial charge >= 0.3 is 6.03 Å². The Morgan fingerprint density at radius 2 is 1.71 bits per heavy atom. The molecule has 1 saturated heterocycles. The first-order valence-corrected chi connectivity index (χ1v) is 9.35. The summed E-state index contributed by atoms with van der Waals surface area (Å²) in [4.78, 5) is 40.2. The smallest absolute Gasteiger partial charge is 0.317 e. The van der Waals surface area contributed by atoms with E-state index in [-0.39, 0.29) is 37.1 Å². The number of urea groups is 1. The topological polar surface area (TPSA) is 100 Å². The number of nitrogens with one attached hydrogen (secondary N) is 2. The van der Waals surface area contributed by atoms with Gasteiger partial charge in [0.25, 0.3) is 0 Å². The van der Waals surface area contributed by atoms with Gasteiger partial charge in [-0.15, -0.1) is 0 Å². The molecule has 2 heterocycles. The minimum atomic E-state index is -0.221. The first kappa shape index (κ1) is 19.9. The molecule has 0 radical (unpaired) electrons. The molecule has 152 valence electrons. The number of rotatable bonds is 5. The van der Waals surface area contributed by atoms with Crippen molar-refractivity contribution < 1.29 is 23.9 Å². The molecule has 9 nitrogen and oxygen atoms in total. The summed E-state index contributed by atoms with van der Waals surface area (Å²) in [5, 5.41) is 5.67. The number of hydrogen-bond donors (Lipinski definition) is 2. The summed E-state index contributed by atoms with van der Waals surface area (Å²) in [6.45, 7) is 7.91. The summed E-state index contributed by atoms with van der Waals surface area (Å²) in [6.07, 6.45) is 0. The number of benzene rings is 1. The zero-order valence-corrected chi connectivity index (χ0v) is 16.4. The Kier molecular flexibility index (Phi) is 6.03. The Labute approximate surface area is 163 Å². The number of fused-ring (bicyclic) bond motifs is 1. The van der Waals surface area contributed by atoms with Crippen LogP contribution in [0.4, 0.5) is 10.5 Å². The Morgan fingerprint density at radius 3 is 2.32 bits per heavy atom. The van der Waals surface area contributed by atoms with E-state index in [0.717, 1.165) is 0 Å². The molecule has 0 aromatic heterocycles. The monoisotopic (exact) mass is 390 g/mol. The summed E-state index contributed by atoms with van der Waals surface area (Å²) in [6, 6.07) is 3.22. The lowest BCUT2D eigenvalue weighted by atomic mass is 10.1. The molecule has 1 aromatic rings. The molecular weight excluding hydrogens is 364 g/mol. The van der Waals surface area contributed by atoms with Gasteiger partial charge in [0.1, 0.15) is 0 Å². The molecule has 2 aliphatic heterocycles. The molecule has 0 atom stereocenters. The third-order valence-electron chi connectivity index (χ3n) is 4.60. The molecule has 0 unspecified atom stereocenters. The van der Waals surface area contributed by atoms with Crippen LogP contribution in [0, 0.1) is 0 Å². The molecule has 3 amide bonds. The molecular formula is C19H26N4O5. The molecule has 1 aromatic carbocycles. The minimum Gasteiger partial charge on any atom is -0.454 e. The van der Waals surface area contributed by atoms with Crippen molar-refractivity contribution >= 4 is 23.4 Å². The normalized spacial score (nSPS) is 16.2. The molecule has 2 N–H and O–H groups in total. The SMILES string of the molecule is CC(=O)c1cc2c(cc1NC(=O)CN1CCN(C(=O)NC(C)C)CC1)OCO2. The summed E-state index contributed by atoms with van der Waals surface area (Å²) >= 11 is 0. The van der Waals surface area contributed by atoms with E-state index in [4.69, 9.17) is 9.47 Å². The number of amides is 3. The maximum atomic E-state index is 12.5. The lowest BCUT2D eigenvalue weighted by molar-refractivity contribution is -0.117. The second kappa shape index (κ2) is 8.47. The Morgan fingerprint density at radius 1 is 1.07 bits per heavy atom. The Balaban J connectivity index is 1.56. The Hall–Kier alpha value is -2.81. The van der Waals surface area contributed by atoms with E-state index < -0.39 is 0 Å². The lowest BCUT2D eigenvalue weighted by Gasteiger charge is -2.34. The van der Waals surface area contributed by atoms with Gasteiger partial charge in [-0.25, -0.2) is 4.79 Å². The van der Waals surface area contributed by atoms with Crippen molar-refractivity contribution in [2.45, 2.75) is 26.8 Å². The number of nitrogens with zero attached hydrogens (tertiary/aromatic N) is 2. The number of anilines is 1. The van der Waals surface area contributed by atoms with Crippen molar-refractivity contribution in [3.63, 3.8) is 0 Å². The van der Waals surface area contributed by atoms with Gasteiger partial charge < -0.3 is 25.0 Å². The van der Waals surface area contributed by atoms with Crippen LogP contribution in [0.25, 0.3) is 0 Å². The molecule has 3 rings (SSSR count). The predicted molar refractivity (Wildman–Crippen MR) is 103 cm³/mol. The van der Waals surface area contributed by atoms with Gasteiger partial charge in [0.15, 0.2) is 17.3 Å². The minimum absolute atomic E-state index is 0.0782. The van der Waals surface area contributed by atoms with E-state index in [1.165, 1.54) is 6.92 Å². The van der Waals surface area contributed by atoms with Crippen LogP contribution in [-0.4, -0.2) is 73.1 Å². The number of Topliss-reactive ketones (excluding diaryl/α,β-unsaturated/α-hetero) is 1. The number of carbonyl (C=O) groups excluding carboxylic acids is 3. The largest absolute Gasteiger partial charge is 0.454 e. The quantitative estimate of drug-likeness (QED) is 0.735. The maximum absolute atomic E-state index is 12.5. The van der Waals surface area contributed by atoms with Crippen molar-refractivity contribution in [3.05, 3.63) is 17.7 Å². The molecule has 0 aliphatic carbocycles. The van der Waals surface area contributed by atoms with Crippen LogP contribution in [0.1, 0.15) is 31.1 Å². The molecule has 28 heavy (non-hydrogen) atoms. The second-order valence-electron chi connectivity index (χ2n) is 7.22. The van der Waals surface area contributed by atoms with Crippen molar-refractivity contribution in [3.8, 4) is 11.5 Å². The van der Waals surface area contributed by atoms with Crippen molar-refractivity contribution in [2.75, 3.05) is 44.8 Å². The molecule has 1 fully saturated rings. The van der Waals surface area contributed by atoms with E-state index >= 15 is 0 Å². The first-order valence-electron chi connectivity index (χ1n) is 9.35. The fourth-order valence-electron chi connectivity index (χ4n) is 3.18. The van der Waals surface area contributed by atoms with Crippen LogP contribution in [0.3, 0.4) is 0 Å². The molecule has 0 bridgehead atoms. The van der Waals surface area contributed by atoms with Gasteiger partial charge in [-0.2, -0.15) is 0 Å². The third-order valence-corrected chi connectivity index (χ3v) is 4.60. The highest BCUT2D eigenvalue weighted by Gasteiger charge is 2.24. The van der Waals surface area contributed by atoms with Gasteiger partial charge in [-0.3, -0.25) is 14.5 Å². The van der Waals surface area contributed by atoms with Crippen LogP contribution in [0.15, 0.2) is 12.1 Å². The van der Waals surface area contributed by atoms with E-state index in [0.29, 0.717) is 48.9 Å². The second-order valence-corrected chi connectivity index (χ2v) is 7.22. The van der Waals surface area contributed by atoms with Crippen molar-refractivity contribution in [1.82, 2.24) is 15.1 Å². The highest BCUT2D eigenvalue weighted by molar-refractivity contribution is 6.05. The third kappa shape index (κ3) is 4.72. The van der Waals surface area contributed by atoms with Crippen LogP contribution in [0.5, 0.6) is 11.5 Å². The zero-order chi connectivity index (χ0) is 20.3. The van der Waals surface area contributed by atoms with E-state index in [1.54, 1.807) is 17.0 Å². The first-order chi connectivity index (χ1) is 13.3. The number of piperazine rings is 1. The number of ether oxygens (including phenoxy) is 2. The Bertz CT molecular complexity index is 772. The van der Waals surface area contributed by atoms with Crippen LogP contribution in [0.2, 0.25) is 0 Å². The predicted octanol–water partition coefficient (Wildman–Crippen LogP) is 1.29. The summed E-state index contributed by atoms with van der Waals surface area (Å²) in [7, 11) is 0. The summed E-state index contributed by atoms with van der Waals surface area (Å²) in [5.74, 6) is 0.615. The van der Waals surface area contributed by atoms with Gasteiger partial charge in [-0.1, -0.05) is 0 Å². The van der Waals surface area contributed by atoms with Crippen LogP contribution < -0.4 is 20.1 Å². The van der Waals surface area contributed by atoms with Crippen molar-refractivity contribution in [2.24, 2.45) is 0 Å². The standard InChI is InChI=1S/C19H26N4O5/c1-12(2)20-19(26)23-6-4-22(5-7-23)10-18(25)21-15-9-17-16(27-11-28-17)8-14(15)13(3)24/h8-9,12H,4-7,10-11H2,1-3H3,(H,20,26)(H,21,25). The highest BCUT2D eigenvalue weighted by atomic mass is 16.7. The fraction of sp³-hybridized carbons (Fsp3) is 0.526. The molecule has 2 aliphatic rings. The zero-order valence-electron chi connectivity index (χ0n) is 16.4. The molecule has 9 heteroatoms. The van der Waals surface area contributed by atoms with Gasteiger partial charge in [-0.05, 0) is 26.8 Å². The van der Waals surface area contributed by atoms with Crippen molar-refractivity contribution in [1.29, 1.82) is 0 Å². The van der Waals surface area contributed by atoms with Gasteiger partial charge in [0.2, 0.25) is 12.7 Å². The van der Waals surface area contributed by atoms with E-state index in [9.17, 15) is 14.4 Å². The summed E-state index contributed by atoms with van der Waals surface area (Å²) < 4.78 is 10.6. The van der Waals surface area contributed by atoms with Crippen LogP contribution >= 0.6 is 0 Å². The average Bonchev–Trinajstić information content (AvgIpc) is 3.08. The van der Waals surface area contributed by atoms with E-state index in [2.05, 4.69) is 10.6 Å². The maximum Gasteiger partial charge on any atom is 0.317 e. The average molecular weight is 390 g/mol.